The Morgan fingerprint density at radius 3 is 2.72 bits per heavy atom. The summed E-state index contributed by atoms with van der Waals surface area (Å²) in [5, 5.41) is 2.56. The molecule has 3 aliphatic heterocycles. The molecule has 0 radical (unpaired) electrons. The highest BCUT2D eigenvalue weighted by molar-refractivity contribution is 5.77. The van der Waals surface area contributed by atoms with E-state index in [1.807, 2.05) is 39.0 Å². The molecular weight excluding hydrogens is 500 g/mol. The number of nitrogens with zero attached hydrogens (tertiary/aromatic N) is 1. The summed E-state index contributed by atoms with van der Waals surface area (Å²) in [7, 11) is 1.58. The van der Waals surface area contributed by atoms with Gasteiger partial charge in [-0.05, 0) is 72.9 Å². The second-order valence-electron chi connectivity index (χ2n) is 12.4. The quantitative estimate of drug-likeness (QED) is 0.515. The highest BCUT2D eigenvalue weighted by atomic mass is 16.6. The van der Waals surface area contributed by atoms with Gasteiger partial charge in [-0.25, -0.2) is 4.79 Å². The van der Waals surface area contributed by atoms with Gasteiger partial charge in [-0.1, -0.05) is 11.6 Å². The largest absolute Gasteiger partial charge is 0.487 e. The summed E-state index contributed by atoms with van der Waals surface area (Å²) in [4.78, 5) is 26.3. The third-order valence-electron chi connectivity index (χ3n) is 7.64. The van der Waals surface area contributed by atoms with E-state index in [0.29, 0.717) is 44.2 Å². The standard InChI is InChI=1S/C30H44N2O7/c1-20(2)9-8-12-29(6)23-16-30(18-32(13-14-37-30)27(34)39-28(3,4)5)19-36-26(23)22-11-10-21(15-24(22)38-29)35-17-25(33)31-7/h9-11,15,23,26H,8,12-14,16-19H2,1-7H3,(H,31,33)/t23-,26+,29-,30+/m0/s1. The number of carbonyl (C=O) groups excluding carboxylic acids is 2. The highest BCUT2D eigenvalue weighted by Gasteiger charge is 2.55. The van der Waals surface area contributed by atoms with Crippen LogP contribution in [0.3, 0.4) is 0 Å². The average molecular weight is 545 g/mol. The molecule has 1 N–H and O–H groups in total. The first-order valence-electron chi connectivity index (χ1n) is 13.9. The van der Waals surface area contributed by atoms with Gasteiger partial charge in [-0.2, -0.15) is 0 Å². The Kier molecular flexibility index (Phi) is 8.52. The molecule has 1 aromatic carbocycles. The summed E-state index contributed by atoms with van der Waals surface area (Å²) in [6.45, 7) is 13.6. The van der Waals surface area contributed by atoms with Crippen molar-refractivity contribution in [1.29, 1.82) is 0 Å². The fourth-order valence-electron chi connectivity index (χ4n) is 5.66. The smallest absolute Gasteiger partial charge is 0.410 e. The minimum absolute atomic E-state index is 0.000497. The van der Waals surface area contributed by atoms with Crippen LogP contribution in [0.2, 0.25) is 0 Å². The fourth-order valence-corrected chi connectivity index (χ4v) is 5.66. The van der Waals surface area contributed by atoms with Crippen LogP contribution >= 0.6 is 0 Å². The number of hydrogen-bond acceptors (Lipinski definition) is 7. The zero-order valence-corrected chi connectivity index (χ0v) is 24.4. The lowest BCUT2D eigenvalue weighted by atomic mass is 9.69. The predicted octanol–water partition coefficient (Wildman–Crippen LogP) is 4.79. The summed E-state index contributed by atoms with van der Waals surface area (Å²) < 4.78 is 31.1. The SMILES string of the molecule is CNC(=O)COc1ccc2c(c1)O[C@@](C)(CCC=C(C)C)[C@H]1C[C@]3(CO[C@H]21)CN(C(=O)OC(C)(C)C)CCO3. The summed E-state index contributed by atoms with van der Waals surface area (Å²) in [6, 6.07) is 5.67. The molecule has 4 atom stereocenters. The van der Waals surface area contributed by atoms with E-state index in [9.17, 15) is 9.59 Å². The van der Waals surface area contributed by atoms with Gasteiger partial charge in [0.1, 0.15) is 28.3 Å². The molecule has 0 bridgehead atoms. The molecule has 1 spiro atoms. The molecule has 0 unspecified atom stereocenters. The Labute approximate surface area is 232 Å². The first kappa shape index (κ1) is 29.2. The van der Waals surface area contributed by atoms with Crippen LogP contribution in [-0.2, 0) is 19.0 Å². The van der Waals surface area contributed by atoms with Crippen LogP contribution in [-0.4, -0.2) is 73.7 Å². The number of rotatable bonds is 6. The number of likely N-dealkylation sites (N-methyl/N-ethyl adjacent to an activating group) is 1. The van der Waals surface area contributed by atoms with Gasteiger partial charge in [0.05, 0.1) is 25.9 Å². The second-order valence-corrected chi connectivity index (χ2v) is 12.4. The first-order chi connectivity index (χ1) is 18.3. The number of nitrogens with one attached hydrogen (secondary N) is 1. The topological polar surface area (TPSA) is 95.6 Å². The van der Waals surface area contributed by atoms with Gasteiger partial charge in [0.2, 0.25) is 0 Å². The van der Waals surface area contributed by atoms with Crippen molar-refractivity contribution in [1.82, 2.24) is 10.2 Å². The van der Waals surface area contributed by atoms with Crippen LogP contribution in [0.1, 0.15) is 72.5 Å². The summed E-state index contributed by atoms with van der Waals surface area (Å²) >= 11 is 0. The monoisotopic (exact) mass is 544 g/mol. The van der Waals surface area contributed by atoms with E-state index < -0.39 is 16.8 Å². The molecule has 39 heavy (non-hydrogen) atoms. The predicted molar refractivity (Wildman–Crippen MR) is 147 cm³/mol. The van der Waals surface area contributed by atoms with Gasteiger partial charge < -0.3 is 33.9 Å². The molecule has 3 heterocycles. The van der Waals surface area contributed by atoms with E-state index >= 15 is 0 Å². The van der Waals surface area contributed by atoms with Gasteiger partial charge in [-0.3, -0.25) is 4.79 Å². The maximum Gasteiger partial charge on any atom is 0.410 e. The average Bonchev–Trinajstić information content (AvgIpc) is 2.86. The molecular formula is C30H44N2O7. The van der Waals surface area contributed by atoms with Gasteiger partial charge >= 0.3 is 6.09 Å². The lowest BCUT2D eigenvalue weighted by Gasteiger charge is -2.55. The molecule has 1 aromatic rings. The highest BCUT2D eigenvalue weighted by Crippen LogP contribution is 2.54. The molecule has 3 aliphatic rings. The number of fused-ring (bicyclic) bond motifs is 3. The Morgan fingerprint density at radius 2 is 2.03 bits per heavy atom. The van der Waals surface area contributed by atoms with E-state index in [2.05, 4.69) is 32.2 Å². The Bertz CT molecular complexity index is 1090. The van der Waals surface area contributed by atoms with Crippen molar-refractivity contribution in [2.45, 2.75) is 83.7 Å². The molecule has 0 aromatic heterocycles. The van der Waals surface area contributed by atoms with E-state index in [1.165, 1.54) is 5.57 Å². The van der Waals surface area contributed by atoms with Crippen molar-refractivity contribution >= 4 is 12.0 Å². The van der Waals surface area contributed by atoms with Gasteiger partial charge in [0.15, 0.2) is 6.61 Å². The number of allylic oxidation sites excluding steroid dienone is 2. The summed E-state index contributed by atoms with van der Waals surface area (Å²) in [5.74, 6) is 1.08. The van der Waals surface area contributed by atoms with Crippen LogP contribution in [0, 0.1) is 5.92 Å². The number of benzene rings is 1. The summed E-state index contributed by atoms with van der Waals surface area (Å²) in [6.07, 6.45) is 4.05. The van der Waals surface area contributed by atoms with E-state index in [4.69, 9.17) is 23.7 Å². The second kappa shape index (κ2) is 11.4. The van der Waals surface area contributed by atoms with Crippen LogP contribution in [0.15, 0.2) is 29.8 Å². The van der Waals surface area contributed by atoms with Gasteiger partial charge in [-0.15, -0.1) is 0 Å². The zero-order chi connectivity index (χ0) is 28.4. The van der Waals surface area contributed by atoms with Crippen LogP contribution in [0.25, 0.3) is 0 Å². The number of ether oxygens (including phenoxy) is 5. The van der Waals surface area contributed by atoms with E-state index in [0.717, 1.165) is 18.4 Å². The Morgan fingerprint density at radius 1 is 1.26 bits per heavy atom. The normalized spacial score (nSPS) is 28.0. The molecule has 9 heteroatoms. The number of hydrogen-bond donors (Lipinski definition) is 1. The van der Waals surface area contributed by atoms with Gasteiger partial charge in [0, 0.05) is 31.1 Å². The lowest BCUT2D eigenvalue weighted by Crippen LogP contribution is -2.63. The lowest BCUT2D eigenvalue weighted by molar-refractivity contribution is -0.231. The molecule has 2 amide bonds. The van der Waals surface area contributed by atoms with Crippen LogP contribution in [0.4, 0.5) is 4.79 Å². The molecule has 2 saturated heterocycles. The molecule has 216 valence electrons. The minimum Gasteiger partial charge on any atom is -0.487 e. The van der Waals surface area contributed by atoms with Crippen molar-refractivity contribution in [3.05, 3.63) is 35.4 Å². The minimum atomic E-state index is -0.633. The van der Waals surface area contributed by atoms with Crippen LogP contribution in [0.5, 0.6) is 11.5 Å². The van der Waals surface area contributed by atoms with Crippen molar-refractivity contribution < 1.29 is 33.3 Å². The number of carbonyl (C=O) groups is 2. The van der Waals surface area contributed by atoms with Crippen molar-refractivity contribution in [3.8, 4) is 11.5 Å². The molecule has 0 saturated carbocycles. The molecule has 4 rings (SSSR count). The third kappa shape index (κ3) is 6.87. The van der Waals surface area contributed by atoms with Crippen molar-refractivity contribution in [2.75, 3.05) is 40.0 Å². The molecule has 9 nitrogen and oxygen atoms in total. The summed E-state index contributed by atoms with van der Waals surface area (Å²) in [5.41, 5.74) is 0.474. The Hall–Kier alpha value is -2.78. The van der Waals surface area contributed by atoms with Gasteiger partial charge in [0.25, 0.3) is 5.91 Å². The third-order valence-corrected chi connectivity index (χ3v) is 7.64. The van der Waals surface area contributed by atoms with Crippen molar-refractivity contribution in [3.63, 3.8) is 0 Å². The number of morpholine rings is 1. The maximum absolute atomic E-state index is 12.9. The first-order valence-corrected chi connectivity index (χ1v) is 13.9. The zero-order valence-electron chi connectivity index (χ0n) is 24.4. The Balaban J connectivity index is 1.60. The van der Waals surface area contributed by atoms with E-state index in [1.54, 1.807) is 11.9 Å². The molecule has 2 fully saturated rings. The van der Waals surface area contributed by atoms with Crippen molar-refractivity contribution in [2.24, 2.45) is 5.92 Å². The number of amides is 2. The fraction of sp³-hybridized carbons (Fsp3) is 0.667. The maximum atomic E-state index is 12.9. The van der Waals surface area contributed by atoms with Crippen LogP contribution < -0.4 is 14.8 Å². The molecule has 0 aliphatic carbocycles. The van der Waals surface area contributed by atoms with E-state index in [-0.39, 0.29) is 30.6 Å².